The van der Waals surface area contributed by atoms with Crippen molar-refractivity contribution in [1.82, 2.24) is 14.6 Å². The van der Waals surface area contributed by atoms with Gasteiger partial charge in [-0.25, -0.2) is 12.8 Å². The molecule has 1 unspecified atom stereocenters. The van der Waals surface area contributed by atoms with Gasteiger partial charge in [0.1, 0.15) is 11.5 Å². The van der Waals surface area contributed by atoms with E-state index in [0.717, 1.165) is 5.56 Å². The fourth-order valence-electron chi connectivity index (χ4n) is 3.24. The summed E-state index contributed by atoms with van der Waals surface area (Å²) in [7, 11) is -3.52. The number of aromatic nitrogens is 1. The molecular weight excluding hydrogens is 393 g/mol. The van der Waals surface area contributed by atoms with Crippen LogP contribution in [-0.4, -0.2) is 36.7 Å². The second-order valence-electron chi connectivity index (χ2n) is 6.74. The molecule has 1 aromatic heterocycles. The molecule has 29 heavy (non-hydrogen) atoms. The van der Waals surface area contributed by atoms with E-state index < -0.39 is 15.8 Å². The first kappa shape index (κ1) is 21.0. The van der Waals surface area contributed by atoms with Crippen LogP contribution in [0.4, 0.5) is 4.39 Å². The number of aromatic amines is 1. The predicted molar refractivity (Wildman–Crippen MR) is 111 cm³/mol. The smallest absolute Gasteiger partial charge is 0.268 e. The largest absolute Gasteiger partial charge is 0.350 e. The Morgan fingerprint density at radius 1 is 1.14 bits per heavy atom. The van der Waals surface area contributed by atoms with E-state index in [1.54, 1.807) is 57.2 Å². The van der Waals surface area contributed by atoms with Gasteiger partial charge in [0.15, 0.2) is 0 Å². The second-order valence-corrected chi connectivity index (χ2v) is 8.68. The summed E-state index contributed by atoms with van der Waals surface area (Å²) in [6, 6.07) is 12.2. The quantitative estimate of drug-likeness (QED) is 0.613. The molecule has 0 spiro atoms. The highest BCUT2D eigenvalue weighted by Crippen LogP contribution is 2.21. The molecule has 2 aromatic carbocycles. The third-order valence-corrected chi connectivity index (χ3v) is 6.99. The molecule has 3 aromatic rings. The molecule has 0 aliphatic carbocycles. The van der Waals surface area contributed by atoms with E-state index in [-0.39, 0.29) is 22.5 Å². The Hall–Kier alpha value is -2.71. The van der Waals surface area contributed by atoms with Gasteiger partial charge in [-0.2, -0.15) is 4.31 Å². The molecule has 0 aliphatic rings. The lowest BCUT2D eigenvalue weighted by molar-refractivity contribution is 0.0935. The van der Waals surface area contributed by atoms with Crippen molar-refractivity contribution in [2.75, 3.05) is 13.1 Å². The molecule has 6 nitrogen and oxygen atoms in total. The van der Waals surface area contributed by atoms with Gasteiger partial charge in [-0.15, -0.1) is 0 Å². The standard InChI is InChI=1S/C21H24FN3O3S/c1-4-25(5-2)29(27,28)16-11-9-15(10-12-16)14(3)23-21(26)20-13-17-18(22)7-6-8-19(17)24-20/h6-14,24H,4-5H2,1-3H3,(H,23,26). The maximum Gasteiger partial charge on any atom is 0.268 e. The van der Waals surface area contributed by atoms with Crippen molar-refractivity contribution in [3.63, 3.8) is 0 Å². The number of nitrogens with one attached hydrogen (secondary N) is 2. The van der Waals surface area contributed by atoms with Gasteiger partial charge in [-0.1, -0.05) is 32.0 Å². The molecule has 0 saturated carbocycles. The zero-order chi connectivity index (χ0) is 21.2. The normalized spacial score (nSPS) is 13.0. The topological polar surface area (TPSA) is 82.3 Å². The molecule has 0 fully saturated rings. The van der Waals surface area contributed by atoms with E-state index in [4.69, 9.17) is 0 Å². The van der Waals surface area contributed by atoms with Crippen molar-refractivity contribution >= 4 is 26.8 Å². The van der Waals surface area contributed by atoms with Crippen LogP contribution in [0.2, 0.25) is 0 Å². The molecule has 2 N–H and O–H groups in total. The van der Waals surface area contributed by atoms with Gasteiger partial charge in [0.25, 0.3) is 5.91 Å². The number of hydrogen-bond acceptors (Lipinski definition) is 3. The number of nitrogens with zero attached hydrogens (tertiary/aromatic N) is 1. The Balaban J connectivity index is 1.75. The minimum Gasteiger partial charge on any atom is -0.350 e. The molecule has 0 bridgehead atoms. The van der Waals surface area contributed by atoms with Crippen molar-refractivity contribution in [1.29, 1.82) is 0 Å². The molecule has 0 radical (unpaired) electrons. The van der Waals surface area contributed by atoms with Crippen LogP contribution in [0.3, 0.4) is 0 Å². The number of sulfonamides is 1. The van der Waals surface area contributed by atoms with Gasteiger partial charge in [0.05, 0.1) is 10.9 Å². The first-order valence-corrected chi connectivity index (χ1v) is 10.9. The first-order valence-electron chi connectivity index (χ1n) is 9.46. The number of carbonyl (C=O) groups is 1. The summed E-state index contributed by atoms with van der Waals surface area (Å²) >= 11 is 0. The van der Waals surface area contributed by atoms with Crippen LogP contribution in [0.15, 0.2) is 53.4 Å². The van der Waals surface area contributed by atoms with Crippen LogP contribution in [-0.2, 0) is 10.0 Å². The van der Waals surface area contributed by atoms with Crippen LogP contribution in [0.25, 0.3) is 10.9 Å². The number of rotatable bonds is 7. The summed E-state index contributed by atoms with van der Waals surface area (Å²) in [5.41, 5.74) is 1.57. The van der Waals surface area contributed by atoms with Crippen LogP contribution in [0.1, 0.15) is 42.9 Å². The first-order chi connectivity index (χ1) is 13.8. The fraction of sp³-hybridized carbons (Fsp3) is 0.286. The maximum atomic E-state index is 13.8. The van der Waals surface area contributed by atoms with E-state index in [9.17, 15) is 17.6 Å². The summed E-state index contributed by atoms with van der Waals surface area (Å²) < 4.78 is 40.4. The van der Waals surface area contributed by atoms with Gasteiger partial charge in [-0.05, 0) is 42.8 Å². The van der Waals surface area contributed by atoms with Gasteiger partial charge in [-0.3, -0.25) is 4.79 Å². The zero-order valence-electron chi connectivity index (χ0n) is 16.6. The van der Waals surface area contributed by atoms with Crippen molar-refractivity contribution in [3.05, 3.63) is 65.6 Å². The summed E-state index contributed by atoms with van der Waals surface area (Å²) in [6.07, 6.45) is 0. The number of amides is 1. The van der Waals surface area contributed by atoms with Crippen LogP contribution < -0.4 is 5.32 Å². The van der Waals surface area contributed by atoms with Crippen molar-refractivity contribution in [3.8, 4) is 0 Å². The van der Waals surface area contributed by atoms with Gasteiger partial charge in [0, 0.05) is 24.0 Å². The number of halogens is 1. The lowest BCUT2D eigenvalue weighted by Gasteiger charge is -2.19. The number of H-pyrrole nitrogens is 1. The number of hydrogen-bond donors (Lipinski definition) is 2. The Labute approximate surface area is 169 Å². The molecule has 1 amide bonds. The second kappa shape index (κ2) is 8.34. The fourth-order valence-corrected chi connectivity index (χ4v) is 4.70. The predicted octanol–water partition coefficient (Wildman–Crippen LogP) is 3.83. The SMILES string of the molecule is CCN(CC)S(=O)(=O)c1ccc(C(C)NC(=O)c2cc3c(F)cccc3[nH]2)cc1. The third kappa shape index (κ3) is 4.18. The Kier molecular flexibility index (Phi) is 6.04. The molecule has 1 heterocycles. The van der Waals surface area contributed by atoms with E-state index >= 15 is 0 Å². The molecule has 8 heteroatoms. The Morgan fingerprint density at radius 2 is 1.79 bits per heavy atom. The molecule has 0 aliphatic heterocycles. The average molecular weight is 418 g/mol. The van der Waals surface area contributed by atoms with Crippen LogP contribution in [0, 0.1) is 5.82 Å². The lowest BCUT2D eigenvalue weighted by Crippen LogP contribution is -2.30. The van der Waals surface area contributed by atoms with Crippen molar-refractivity contribution < 1.29 is 17.6 Å². The lowest BCUT2D eigenvalue weighted by atomic mass is 10.1. The van der Waals surface area contributed by atoms with Gasteiger partial charge >= 0.3 is 0 Å². The number of carbonyl (C=O) groups excluding carboxylic acids is 1. The molecule has 1 atom stereocenters. The highest BCUT2D eigenvalue weighted by Gasteiger charge is 2.22. The molecular formula is C21H24FN3O3S. The van der Waals surface area contributed by atoms with E-state index in [0.29, 0.717) is 24.0 Å². The monoisotopic (exact) mass is 417 g/mol. The van der Waals surface area contributed by atoms with Crippen LogP contribution in [0.5, 0.6) is 0 Å². The average Bonchev–Trinajstić information content (AvgIpc) is 3.15. The van der Waals surface area contributed by atoms with E-state index in [1.165, 1.54) is 16.4 Å². The van der Waals surface area contributed by atoms with Gasteiger partial charge in [0.2, 0.25) is 10.0 Å². The molecule has 3 rings (SSSR count). The van der Waals surface area contributed by atoms with E-state index in [1.807, 2.05) is 0 Å². The number of fused-ring (bicyclic) bond motifs is 1. The summed E-state index contributed by atoms with van der Waals surface area (Å²) in [5, 5.41) is 3.20. The zero-order valence-corrected chi connectivity index (χ0v) is 17.4. The minimum absolute atomic E-state index is 0.217. The summed E-state index contributed by atoms with van der Waals surface area (Å²) in [5.74, 6) is -0.760. The summed E-state index contributed by atoms with van der Waals surface area (Å²) in [6.45, 7) is 6.19. The molecule has 0 saturated heterocycles. The highest BCUT2D eigenvalue weighted by molar-refractivity contribution is 7.89. The maximum absolute atomic E-state index is 13.8. The van der Waals surface area contributed by atoms with Gasteiger partial charge < -0.3 is 10.3 Å². The minimum atomic E-state index is -3.52. The van der Waals surface area contributed by atoms with Crippen molar-refractivity contribution in [2.24, 2.45) is 0 Å². The Bertz CT molecular complexity index is 1120. The van der Waals surface area contributed by atoms with Crippen LogP contribution >= 0.6 is 0 Å². The number of benzene rings is 2. The highest BCUT2D eigenvalue weighted by atomic mass is 32.2. The Morgan fingerprint density at radius 3 is 2.38 bits per heavy atom. The third-order valence-electron chi connectivity index (χ3n) is 4.93. The summed E-state index contributed by atoms with van der Waals surface area (Å²) in [4.78, 5) is 15.7. The van der Waals surface area contributed by atoms with E-state index in [2.05, 4.69) is 10.3 Å². The molecule has 154 valence electrons. The van der Waals surface area contributed by atoms with Crippen molar-refractivity contribution in [2.45, 2.75) is 31.7 Å².